The van der Waals surface area contributed by atoms with E-state index in [9.17, 15) is 28.8 Å². The van der Waals surface area contributed by atoms with E-state index in [1.165, 1.54) is 17.0 Å². The van der Waals surface area contributed by atoms with Crippen LogP contribution < -0.4 is 16.0 Å². The molecule has 4 N–H and O–H groups in total. The summed E-state index contributed by atoms with van der Waals surface area (Å²) >= 11 is 0. The molecule has 2 aromatic rings. The lowest BCUT2D eigenvalue weighted by Crippen LogP contribution is -2.52. The van der Waals surface area contributed by atoms with E-state index in [4.69, 9.17) is 5.11 Å². The van der Waals surface area contributed by atoms with Crippen molar-refractivity contribution in [3.8, 4) is 0 Å². The Morgan fingerprint density at radius 2 is 1.73 bits per heavy atom. The van der Waals surface area contributed by atoms with Crippen LogP contribution in [0.3, 0.4) is 0 Å². The minimum absolute atomic E-state index is 0.0925. The summed E-state index contributed by atoms with van der Waals surface area (Å²) in [4.78, 5) is 73.5. The molecule has 0 bridgehead atoms. The van der Waals surface area contributed by atoms with Gasteiger partial charge < -0.3 is 20.6 Å². The first-order valence-electron chi connectivity index (χ1n) is 11.9. The Labute approximate surface area is 212 Å². The first-order valence-corrected chi connectivity index (χ1v) is 11.9. The van der Waals surface area contributed by atoms with E-state index in [1.807, 2.05) is 0 Å². The van der Waals surface area contributed by atoms with Crippen molar-refractivity contribution >= 4 is 41.2 Å². The van der Waals surface area contributed by atoms with E-state index in [0.717, 1.165) is 5.56 Å². The molecule has 192 valence electrons. The molecule has 1 unspecified atom stereocenters. The maximum absolute atomic E-state index is 12.9. The van der Waals surface area contributed by atoms with E-state index >= 15 is 0 Å². The summed E-state index contributed by atoms with van der Waals surface area (Å²) in [7, 11) is 0. The van der Waals surface area contributed by atoms with Crippen molar-refractivity contribution in [2.24, 2.45) is 0 Å². The lowest BCUT2D eigenvalue weighted by atomic mass is 10.0. The maximum atomic E-state index is 12.9. The Morgan fingerprint density at radius 1 is 1.00 bits per heavy atom. The number of hydrogen-bond donors (Lipinski definition) is 4. The van der Waals surface area contributed by atoms with Gasteiger partial charge in [-0.25, -0.2) is 4.79 Å². The summed E-state index contributed by atoms with van der Waals surface area (Å²) in [6.45, 7) is 0.394. The molecule has 1 fully saturated rings. The highest BCUT2D eigenvalue weighted by atomic mass is 16.4. The molecule has 11 nitrogen and oxygen atoms in total. The summed E-state index contributed by atoms with van der Waals surface area (Å²) < 4.78 is 0. The zero-order valence-electron chi connectivity index (χ0n) is 19.9. The van der Waals surface area contributed by atoms with E-state index in [-0.39, 0.29) is 68.0 Å². The Kier molecular flexibility index (Phi) is 7.61. The van der Waals surface area contributed by atoms with Crippen LogP contribution in [0.1, 0.15) is 63.9 Å². The number of anilines is 1. The number of aromatic carboxylic acids is 1. The van der Waals surface area contributed by atoms with Crippen LogP contribution in [0.5, 0.6) is 0 Å². The second-order valence-electron chi connectivity index (χ2n) is 8.91. The fraction of sp³-hybridized carbons (Fsp3) is 0.308. The molecule has 2 aliphatic heterocycles. The molecule has 4 rings (SSSR count). The Bertz CT molecular complexity index is 1270. The van der Waals surface area contributed by atoms with Crippen molar-refractivity contribution in [2.75, 3.05) is 5.32 Å². The average molecular weight is 507 g/mol. The number of amides is 5. The molecule has 2 heterocycles. The zero-order chi connectivity index (χ0) is 26.5. The number of carboxylic acids is 1. The van der Waals surface area contributed by atoms with Gasteiger partial charge in [-0.2, -0.15) is 0 Å². The molecule has 2 aromatic carbocycles. The highest BCUT2D eigenvalue weighted by molar-refractivity contribution is 6.06. The fourth-order valence-electron chi connectivity index (χ4n) is 4.38. The number of piperidine rings is 1. The van der Waals surface area contributed by atoms with Gasteiger partial charge in [-0.1, -0.05) is 18.2 Å². The van der Waals surface area contributed by atoms with Gasteiger partial charge in [-0.15, -0.1) is 0 Å². The van der Waals surface area contributed by atoms with Crippen molar-refractivity contribution in [3.05, 3.63) is 64.7 Å². The van der Waals surface area contributed by atoms with E-state index in [0.29, 0.717) is 23.2 Å². The number of nitrogens with zero attached hydrogens (tertiary/aromatic N) is 1. The molecule has 37 heavy (non-hydrogen) atoms. The molecule has 0 saturated carbocycles. The molecule has 1 saturated heterocycles. The van der Waals surface area contributed by atoms with Gasteiger partial charge in [-0.05, 0) is 42.7 Å². The van der Waals surface area contributed by atoms with Crippen molar-refractivity contribution in [3.63, 3.8) is 0 Å². The lowest BCUT2D eigenvalue weighted by Gasteiger charge is -2.29. The van der Waals surface area contributed by atoms with E-state index in [2.05, 4.69) is 16.0 Å². The van der Waals surface area contributed by atoms with Crippen LogP contribution in [0.25, 0.3) is 0 Å². The fourth-order valence-corrected chi connectivity index (χ4v) is 4.38. The normalized spacial score (nSPS) is 16.7. The number of benzene rings is 2. The monoisotopic (exact) mass is 506 g/mol. The van der Waals surface area contributed by atoms with Crippen LogP contribution in [0.4, 0.5) is 5.69 Å². The summed E-state index contributed by atoms with van der Waals surface area (Å²) in [5.74, 6) is -2.75. The summed E-state index contributed by atoms with van der Waals surface area (Å²) in [6, 6.07) is 10.4. The minimum Gasteiger partial charge on any atom is -0.478 e. The van der Waals surface area contributed by atoms with Crippen LogP contribution in [0.2, 0.25) is 0 Å². The van der Waals surface area contributed by atoms with Crippen LogP contribution in [0, 0.1) is 0 Å². The quantitative estimate of drug-likeness (QED) is 0.375. The summed E-state index contributed by atoms with van der Waals surface area (Å²) in [5, 5.41) is 16.7. The molecule has 0 radical (unpaired) electrons. The van der Waals surface area contributed by atoms with Crippen LogP contribution in [0.15, 0.2) is 42.5 Å². The Hall–Kier alpha value is -4.54. The smallest absolute Gasteiger partial charge is 0.335 e. The van der Waals surface area contributed by atoms with Crippen molar-refractivity contribution in [2.45, 2.75) is 51.2 Å². The van der Waals surface area contributed by atoms with Gasteiger partial charge in [0.2, 0.25) is 23.6 Å². The van der Waals surface area contributed by atoms with Crippen LogP contribution in [-0.2, 0) is 32.3 Å². The number of nitrogens with one attached hydrogen (secondary N) is 3. The number of fused-ring (bicyclic) bond motifs is 1. The largest absolute Gasteiger partial charge is 0.478 e. The SMILES string of the molecule is O=C(CCCC(=O)Nc1cccc2c1CN(C1CCC(=O)NC1=O)C2=O)NCc1ccc(C(=O)O)cc1. The predicted octanol–water partition coefficient (Wildman–Crippen LogP) is 1.57. The average Bonchev–Trinajstić information content (AvgIpc) is 3.20. The molecule has 2 aliphatic rings. The molecule has 1 atom stereocenters. The molecule has 11 heteroatoms. The number of rotatable bonds is 9. The van der Waals surface area contributed by atoms with E-state index < -0.39 is 17.9 Å². The van der Waals surface area contributed by atoms with Crippen molar-refractivity contribution in [1.82, 2.24) is 15.5 Å². The van der Waals surface area contributed by atoms with Gasteiger partial charge >= 0.3 is 5.97 Å². The lowest BCUT2D eigenvalue weighted by molar-refractivity contribution is -0.137. The topological polar surface area (TPSA) is 162 Å². The van der Waals surface area contributed by atoms with Gasteiger partial charge in [0.25, 0.3) is 5.91 Å². The minimum atomic E-state index is -1.02. The molecule has 0 aliphatic carbocycles. The van der Waals surface area contributed by atoms with E-state index in [1.54, 1.807) is 30.3 Å². The first-order chi connectivity index (χ1) is 17.7. The maximum Gasteiger partial charge on any atom is 0.335 e. The van der Waals surface area contributed by atoms with Crippen molar-refractivity contribution < 1.29 is 33.9 Å². The number of carbonyl (C=O) groups excluding carboxylic acids is 5. The third-order valence-corrected chi connectivity index (χ3v) is 6.35. The van der Waals surface area contributed by atoms with Crippen LogP contribution >= 0.6 is 0 Å². The van der Waals surface area contributed by atoms with Gasteiger partial charge in [-0.3, -0.25) is 29.3 Å². The van der Waals surface area contributed by atoms with Gasteiger partial charge in [0.15, 0.2) is 0 Å². The first kappa shape index (κ1) is 25.5. The highest BCUT2D eigenvalue weighted by Gasteiger charge is 2.39. The predicted molar refractivity (Wildman–Crippen MR) is 130 cm³/mol. The van der Waals surface area contributed by atoms with Crippen molar-refractivity contribution in [1.29, 1.82) is 0 Å². The molecule has 0 spiro atoms. The van der Waals surface area contributed by atoms with Gasteiger partial charge in [0.1, 0.15) is 6.04 Å². The molecular formula is C26H26N4O7. The Balaban J connectivity index is 1.25. The Morgan fingerprint density at radius 3 is 2.43 bits per heavy atom. The highest BCUT2D eigenvalue weighted by Crippen LogP contribution is 2.32. The van der Waals surface area contributed by atoms with Crippen LogP contribution in [-0.4, -0.2) is 51.6 Å². The summed E-state index contributed by atoms with van der Waals surface area (Å²) in [6.07, 6.45) is 0.947. The van der Waals surface area contributed by atoms with Gasteiger partial charge in [0, 0.05) is 49.2 Å². The third kappa shape index (κ3) is 6.00. The number of hydrogen-bond acceptors (Lipinski definition) is 6. The summed E-state index contributed by atoms with van der Waals surface area (Å²) in [5.41, 5.74) is 2.41. The molecule has 0 aromatic heterocycles. The molecule has 5 amide bonds. The number of carboxylic acid groups (broad SMARTS) is 1. The second kappa shape index (κ2) is 11.0. The molecular weight excluding hydrogens is 480 g/mol. The zero-order valence-corrected chi connectivity index (χ0v) is 19.9. The number of carbonyl (C=O) groups is 6. The second-order valence-corrected chi connectivity index (χ2v) is 8.91. The third-order valence-electron chi connectivity index (χ3n) is 6.35. The standard InChI is InChI=1S/C26H26N4O7/c31-21(27-13-15-7-9-16(10-8-15)26(36)37)5-2-6-22(32)28-19-4-1-3-17-18(19)14-30(25(17)35)20-11-12-23(33)29-24(20)34/h1,3-4,7-10,20H,2,5-6,11-14H2,(H,27,31)(H,28,32)(H,36,37)(H,29,33,34). The van der Waals surface area contributed by atoms with Gasteiger partial charge in [0.05, 0.1) is 5.56 Å². The number of imide groups is 1.